The standard InChI is InChI=1S/C15H18F3NO5/c1-3-23-14(22)12(10-5-4-6-11(20)7-10)19-13(21)9(2)24-8-15(16,17)18/h4-7,9,12,20H,3,8H2,1-2H3,(H,19,21)/t9-,12+/m0/s1. The van der Waals surface area contributed by atoms with Crippen molar-refractivity contribution in [3.8, 4) is 5.75 Å². The predicted octanol–water partition coefficient (Wildman–Crippen LogP) is 2.08. The molecule has 1 aromatic rings. The molecule has 0 bridgehead atoms. The molecule has 0 radical (unpaired) electrons. The van der Waals surface area contributed by atoms with Crippen molar-refractivity contribution in [1.82, 2.24) is 5.32 Å². The van der Waals surface area contributed by atoms with Crippen molar-refractivity contribution in [1.29, 1.82) is 0 Å². The number of phenolic OH excluding ortho intramolecular Hbond substituents is 1. The maximum atomic E-state index is 12.1. The number of rotatable bonds is 7. The monoisotopic (exact) mass is 349 g/mol. The zero-order valence-electron chi connectivity index (χ0n) is 13.1. The van der Waals surface area contributed by atoms with Crippen molar-refractivity contribution in [3.63, 3.8) is 0 Å². The van der Waals surface area contributed by atoms with Crippen molar-refractivity contribution in [2.24, 2.45) is 0 Å². The molecule has 1 amide bonds. The topological polar surface area (TPSA) is 84.9 Å². The first-order valence-corrected chi connectivity index (χ1v) is 7.08. The third kappa shape index (κ3) is 6.45. The van der Waals surface area contributed by atoms with Crippen LogP contribution in [0.5, 0.6) is 5.75 Å². The van der Waals surface area contributed by atoms with E-state index in [-0.39, 0.29) is 17.9 Å². The van der Waals surface area contributed by atoms with E-state index in [0.717, 1.165) is 6.92 Å². The molecule has 0 aliphatic carbocycles. The summed E-state index contributed by atoms with van der Waals surface area (Å²) in [6.45, 7) is 1.15. The van der Waals surface area contributed by atoms with Gasteiger partial charge in [0, 0.05) is 0 Å². The molecule has 2 N–H and O–H groups in total. The molecule has 6 nitrogen and oxygen atoms in total. The summed E-state index contributed by atoms with van der Waals surface area (Å²) in [7, 11) is 0. The first kappa shape index (κ1) is 19.8. The van der Waals surface area contributed by atoms with Crippen LogP contribution in [-0.4, -0.2) is 42.5 Å². The summed E-state index contributed by atoms with van der Waals surface area (Å²) in [6, 6.07) is 4.24. The van der Waals surface area contributed by atoms with Gasteiger partial charge in [-0.1, -0.05) is 12.1 Å². The van der Waals surface area contributed by atoms with Crippen molar-refractivity contribution in [2.75, 3.05) is 13.2 Å². The molecular formula is C15H18F3NO5. The lowest BCUT2D eigenvalue weighted by Gasteiger charge is -2.21. The van der Waals surface area contributed by atoms with Gasteiger partial charge in [-0.15, -0.1) is 0 Å². The number of carbonyl (C=O) groups is 2. The average molecular weight is 349 g/mol. The second kappa shape index (κ2) is 8.53. The molecule has 0 fully saturated rings. The van der Waals surface area contributed by atoms with Gasteiger partial charge in [-0.25, -0.2) is 4.79 Å². The Bertz CT molecular complexity index is 576. The fourth-order valence-corrected chi connectivity index (χ4v) is 1.76. The second-order valence-corrected chi connectivity index (χ2v) is 4.86. The molecule has 1 aromatic carbocycles. The number of halogens is 3. The lowest BCUT2D eigenvalue weighted by Crippen LogP contribution is -2.41. The lowest BCUT2D eigenvalue weighted by molar-refractivity contribution is -0.186. The van der Waals surface area contributed by atoms with Gasteiger partial charge in [0.25, 0.3) is 0 Å². The molecule has 2 atom stereocenters. The van der Waals surface area contributed by atoms with Gasteiger partial charge in [0.2, 0.25) is 5.91 Å². The van der Waals surface area contributed by atoms with Crippen LogP contribution in [0, 0.1) is 0 Å². The third-order valence-electron chi connectivity index (χ3n) is 2.88. The number of hydrogen-bond donors (Lipinski definition) is 2. The Morgan fingerprint density at radius 2 is 2.00 bits per heavy atom. The molecule has 1 rings (SSSR count). The van der Waals surface area contributed by atoms with Crippen LogP contribution >= 0.6 is 0 Å². The molecule has 0 saturated carbocycles. The summed E-state index contributed by atoms with van der Waals surface area (Å²) in [5.74, 6) is -1.86. The highest BCUT2D eigenvalue weighted by Gasteiger charge is 2.31. The quantitative estimate of drug-likeness (QED) is 0.736. The van der Waals surface area contributed by atoms with Gasteiger partial charge in [-0.3, -0.25) is 4.79 Å². The lowest BCUT2D eigenvalue weighted by atomic mass is 10.1. The summed E-state index contributed by atoms with van der Waals surface area (Å²) in [6.07, 6.45) is -6.00. The van der Waals surface area contributed by atoms with E-state index in [0.29, 0.717) is 0 Å². The number of hydrogen-bond acceptors (Lipinski definition) is 5. The van der Waals surface area contributed by atoms with Crippen LogP contribution in [0.2, 0.25) is 0 Å². The molecule has 0 aliphatic rings. The summed E-state index contributed by atoms with van der Waals surface area (Å²) >= 11 is 0. The molecular weight excluding hydrogens is 331 g/mol. The first-order chi connectivity index (χ1) is 11.1. The van der Waals surface area contributed by atoms with Crippen LogP contribution in [0.4, 0.5) is 13.2 Å². The van der Waals surface area contributed by atoms with E-state index in [1.807, 2.05) is 0 Å². The molecule has 134 valence electrons. The fraction of sp³-hybridized carbons (Fsp3) is 0.467. The van der Waals surface area contributed by atoms with Crippen LogP contribution in [0.15, 0.2) is 24.3 Å². The highest BCUT2D eigenvalue weighted by molar-refractivity contribution is 5.87. The minimum absolute atomic E-state index is 0.0458. The van der Waals surface area contributed by atoms with Gasteiger partial charge in [-0.2, -0.15) is 13.2 Å². The molecule has 0 saturated heterocycles. The summed E-state index contributed by atoms with van der Waals surface area (Å²) in [4.78, 5) is 24.0. The molecule has 0 spiro atoms. The largest absolute Gasteiger partial charge is 0.508 e. The fourth-order valence-electron chi connectivity index (χ4n) is 1.76. The zero-order valence-corrected chi connectivity index (χ0v) is 13.1. The van der Waals surface area contributed by atoms with Crippen LogP contribution in [0.1, 0.15) is 25.5 Å². The highest BCUT2D eigenvalue weighted by Crippen LogP contribution is 2.20. The van der Waals surface area contributed by atoms with Crippen LogP contribution < -0.4 is 5.32 Å². The zero-order chi connectivity index (χ0) is 18.3. The molecule has 0 heterocycles. The number of alkyl halides is 3. The molecule has 0 aromatic heterocycles. The van der Waals surface area contributed by atoms with Crippen molar-refractivity contribution in [3.05, 3.63) is 29.8 Å². The Balaban J connectivity index is 2.85. The van der Waals surface area contributed by atoms with E-state index >= 15 is 0 Å². The van der Waals surface area contributed by atoms with Crippen LogP contribution in [0.25, 0.3) is 0 Å². The SMILES string of the molecule is CCOC(=O)[C@H](NC(=O)[C@H](C)OCC(F)(F)F)c1cccc(O)c1. The van der Waals surface area contributed by atoms with Crippen molar-refractivity contribution in [2.45, 2.75) is 32.2 Å². The smallest absolute Gasteiger partial charge is 0.411 e. The number of carbonyl (C=O) groups excluding carboxylic acids is 2. The maximum Gasteiger partial charge on any atom is 0.411 e. The summed E-state index contributed by atoms with van der Waals surface area (Å²) < 4.78 is 45.6. The normalized spacial score (nSPS) is 13.9. The molecule has 9 heteroatoms. The van der Waals surface area contributed by atoms with Crippen LogP contribution in [0.3, 0.4) is 0 Å². The van der Waals surface area contributed by atoms with Gasteiger partial charge in [-0.05, 0) is 31.5 Å². The number of aromatic hydroxyl groups is 1. The predicted molar refractivity (Wildman–Crippen MR) is 77.1 cm³/mol. The minimum Gasteiger partial charge on any atom is -0.508 e. The number of ether oxygens (including phenoxy) is 2. The Labute approximate surface area is 136 Å². The van der Waals surface area contributed by atoms with Gasteiger partial charge >= 0.3 is 12.1 Å². The van der Waals surface area contributed by atoms with Gasteiger partial charge < -0.3 is 19.9 Å². The second-order valence-electron chi connectivity index (χ2n) is 4.86. The third-order valence-corrected chi connectivity index (χ3v) is 2.88. The van der Waals surface area contributed by atoms with Crippen molar-refractivity contribution < 1.29 is 37.3 Å². The van der Waals surface area contributed by atoms with Gasteiger partial charge in [0.1, 0.15) is 18.5 Å². The summed E-state index contributed by atoms with van der Waals surface area (Å²) in [5.41, 5.74) is 0.227. The van der Waals surface area contributed by atoms with Crippen LogP contribution in [-0.2, 0) is 19.1 Å². The van der Waals surface area contributed by atoms with E-state index < -0.39 is 36.8 Å². The Morgan fingerprint density at radius 3 is 2.54 bits per heavy atom. The minimum atomic E-state index is -4.57. The Kier molecular flexibility index (Phi) is 7.02. The first-order valence-electron chi connectivity index (χ1n) is 7.08. The van der Waals surface area contributed by atoms with Gasteiger partial charge in [0.05, 0.1) is 6.61 Å². The van der Waals surface area contributed by atoms with Crippen molar-refractivity contribution >= 4 is 11.9 Å². The van der Waals surface area contributed by atoms with E-state index in [2.05, 4.69) is 10.1 Å². The Hall–Kier alpha value is -2.29. The average Bonchev–Trinajstić information content (AvgIpc) is 2.49. The number of nitrogens with one attached hydrogen (secondary N) is 1. The van der Waals surface area contributed by atoms with E-state index in [9.17, 15) is 27.9 Å². The number of benzene rings is 1. The van der Waals surface area contributed by atoms with E-state index in [4.69, 9.17) is 4.74 Å². The highest BCUT2D eigenvalue weighted by atomic mass is 19.4. The molecule has 0 unspecified atom stereocenters. The van der Waals surface area contributed by atoms with E-state index in [1.165, 1.54) is 24.3 Å². The summed E-state index contributed by atoms with van der Waals surface area (Å²) in [5, 5.41) is 11.7. The van der Waals surface area contributed by atoms with Gasteiger partial charge in [0.15, 0.2) is 6.04 Å². The Morgan fingerprint density at radius 1 is 1.33 bits per heavy atom. The number of amides is 1. The molecule has 0 aliphatic heterocycles. The number of phenols is 1. The molecule has 24 heavy (non-hydrogen) atoms. The number of esters is 1. The van der Waals surface area contributed by atoms with E-state index in [1.54, 1.807) is 6.92 Å². The maximum absolute atomic E-state index is 12.1.